The van der Waals surface area contributed by atoms with Gasteiger partial charge in [-0.2, -0.15) is 10.5 Å². The summed E-state index contributed by atoms with van der Waals surface area (Å²) in [6.07, 6.45) is 0.514. The lowest BCUT2D eigenvalue weighted by atomic mass is 9.94. The van der Waals surface area contributed by atoms with Crippen molar-refractivity contribution in [2.45, 2.75) is 61.3 Å². The zero-order valence-electron chi connectivity index (χ0n) is 20.1. The van der Waals surface area contributed by atoms with Crippen molar-refractivity contribution in [2.75, 3.05) is 26.2 Å². The minimum absolute atomic E-state index is 0.117. The van der Waals surface area contributed by atoms with E-state index in [1.807, 2.05) is 48.5 Å². The van der Waals surface area contributed by atoms with Crippen molar-refractivity contribution in [2.24, 2.45) is 10.8 Å². The topological polar surface area (TPSA) is 88.2 Å². The summed E-state index contributed by atoms with van der Waals surface area (Å²) < 4.78 is 0. The van der Waals surface area contributed by atoms with Gasteiger partial charge in [-0.15, -0.1) is 0 Å². The van der Waals surface area contributed by atoms with Gasteiger partial charge in [0.2, 0.25) is 0 Å². The van der Waals surface area contributed by atoms with E-state index in [0.29, 0.717) is 37.3 Å². The summed E-state index contributed by atoms with van der Waals surface area (Å²) >= 11 is 0. The first kappa shape index (κ1) is 26.2. The maximum Gasteiger partial charge on any atom is 0.253 e. The lowest BCUT2D eigenvalue weighted by Gasteiger charge is -2.31. The molecule has 0 saturated carbocycles. The standard InChI is InChI=1S/C25H36N4O2/c1-19-14-20(22(30)28(12-8-10-26)17-24(2,3)4)16-21(15-19)23(31)29(13-9-11-27)18-25(5,6)7/h14-16H,8-9,12-13,17-18H2,1-7H3. The average Bonchev–Trinajstić information content (AvgIpc) is 2.65. The molecule has 0 bridgehead atoms. The molecule has 1 aromatic rings. The molecule has 1 aromatic carbocycles. The Morgan fingerprint density at radius 3 is 1.42 bits per heavy atom. The Labute approximate surface area is 187 Å². The average molecular weight is 425 g/mol. The monoisotopic (exact) mass is 424 g/mol. The van der Waals surface area contributed by atoms with E-state index in [0.717, 1.165) is 5.56 Å². The van der Waals surface area contributed by atoms with Crippen LogP contribution in [0.1, 0.15) is 80.7 Å². The third kappa shape index (κ3) is 9.22. The number of hydrogen-bond donors (Lipinski definition) is 0. The van der Waals surface area contributed by atoms with Gasteiger partial charge in [-0.25, -0.2) is 0 Å². The molecule has 0 fully saturated rings. The molecule has 0 unspecified atom stereocenters. The zero-order chi connectivity index (χ0) is 23.8. The summed E-state index contributed by atoms with van der Waals surface area (Å²) in [5, 5.41) is 18.0. The molecule has 168 valence electrons. The molecule has 2 amide bonds. The summed E-state index contributed by atoms with van der Waals surface area (Å²) in [5.41, 5.74) is 1.48. The van der Waals surface area contributed by atoms with E-state index in [2.05, 4.69) is 12.1 Å². The first-order valence-electron chi connectivity index (χ1n) is 10.7. The maximum atomic E-state index is 13.3. The number of benzene rings is 1. The van der Waals surface area contributed by atoms with Crippen LogP contribution in [0.5, 0.6) is 0 Å². The highest BCUT2D eigenvalue weighted by Crippen LogP contribution is 2.21. The summed E-state index contributed by atoms with van der Waals surface area (Å²) in [6.45, 7) is 15.9. The fraction of sp³-hybridized carbons (Fsp3) is 0.600. The van der Waals surface area contributed by atoms with E-state index in [9.17, 15) is 9.59 Å². The van der Waals surface area contributed by atoms with E-state index in [1.165, 1.54) is 0 Å². The molecule has 6 heteroatoms. The number of nitriles is 2. The van der Waals surface area contributed by atoms with Crippen LogP contribution in [0.15, 0.2) is 18.2 Å². The Balaban J connectivity index is 3.28. The van der Waals surface area contributed by atoms with Crippen LogP contribution in [0.25, 0.3) is 0 Å². The minimum atomic E-state index is -0.178. The third-order valence-corrected chi connectivity index (χ3v) is 4.46. The highest BCUT2D eigenvalue weighted by atomic mass is 16.2. The van der Waals surface area contributed by atoms with Gasteiger partial charge in [0.05, 0.1) is 25.0 Å². The van der Waals surface area contributed by atoms with Crippen molar-refractivity contribution in [3.63, 3.8) is 0 Å². The molecular formula is C25H36N4O2. The van der Waals surface area contributed by atoms with Crippen LogP contribution < -0.4 is 0 Å². The second-order valence-electron chi connectivity index (χ2n) is 10.5. The van der Waals surface area contributed by atoms with Crippen molar-refractivity contribution in [3.8, 4) is 12.1 Å². The van der Waals surface area contributed by atoms with Crippen molar-refractivity contribution < 1.29 is 9.59 Å². The number of nitrogens with zero attached hydrogens (tertiary/aromatic N) is 4. The number of carbonyl (C=O) groups is 2. The van der Waals surface area contributed by atoms with Gasteiger partial charge in [0, 0.05) is 37.3 Å². The van der Waals surface area contributed by atoms with Crippen LogP contribution >= 0.6 is 0 Å². The molecule has 0 atom stereocenters. The van der Waals surface area contributed by atoms with Crippen LogP contribution in [0.3, 0.4) is 0 Å². The molecular weight excluding hydrogens is 388 g/mol. The van der Waals surface area contributed by atoms with E-state index in [-0.39, 0.29) is 35.5 Å². The molecule has 0 heterocycles. The van der Waals surface area contributed by atoms with Gasteiger partial charge in [0.25, 0.3) is 11.8 Å². The first-order valence-corrected chi connectivity index (χ1v) is 10.7. The molecule has 0 aromatic heterocycles. The molecule has 0 aliphatic rings. The molecule has 31 heavy (non-hydrogen) atoms. The second kappa shape index (κ2) is 11.0. The highest BCUT2D eigenvalue weighted by molar-refractivity contribution is 6.00. The fourth-order valence-corrected chi connectivity index (χ4v) is 3.42. The van der Waals surface area contributed by atoms with Crippen LogP contribution in [-0.2, 0) is 0 Å². The maximum absolute atomic E-state index is 13.3. The van der Waals surface area contributed by atoms with Crippen molar-refractivity contribution in [1.29, 1.82) is 10.5 Å². The van der Waals surface area contributed by atoms with Gasteiger partial charge in [0.1, 0.15) is 0 Å². The zero-order valence-corrected chi connectivity index (χ0v) is 20.1. The summed E-state index contributed by atoms with van der Waals surface area (Å²) in [7, 11) is 0. The molecule has 0 spiro atoms. The molecule has 0 aliphatic carbocycles. The second-order valence-corrected chi connectivity index (χ2v) is 10.5. The Bertz CT molecular complexity index is 795. The van der Waals surface area contributed by atoms with E-state index < -0.39 is 0 Å². The number of aryl methyl sites for hydroxylation is 1. The van der Waals surface area contributed by atoms with Crippen LogP contribution in [-0.4, -0.2) is 47.8 Å². The van der Waals surface area contributed by atoms with Gasteiger partial charge in [-0.1, -0.05) is 41.5 Å². The fourth-order valence-electron chi connectivity index (χ4n) is 3.42. The minimum Gasteiger partial charge on any atom is -0.337 e. The van der Waals surface area contributed by atoms with Gasteiger partial charge < -0.3 is 9.80 Å². The predicted molar refractivity (Wildman–Crippen MR) is 122 cm³/mol. The lowest BCUT2D eigenvalue weighted by molar-refractivity contribution is 0.0696. The van der Waals surface area contributed by atoms with Crippen molar-refractivity contribution in [3.05, 3.63) is 34.9 Å². The Morgan fingerprint density at radius 1 is 0.774 bits per heavy atom. The van der Waals surface area contributed by atoms with Gasteiger partial charge >= 0.3 is 0 Å². The number of carbonyl (C=O) groups excluding carboxylic acids is 2. The Morgan fingerprint density at radius 2 is 1.13 bits per heavy atom. The van der Waals surface area contributed by atoms with E-state index in [4.69, 9.17) is 10.5 Å². The van der Waals surface area contributed by atoms with Crippen LogP contribution in [0.2, 0.25) is 0 Å². The molecule has 0 saturated heterocycles. The predicted octanol–water partition coefficient (Wildman–Crippen LogP) is 4.80. The largest absolute Gasteiger partial charge is 0.337 e. The van der Waals surface area contributed by atoms with Gasteiger partial charge in [-0.05, 0) is 41.5 Å². The summed E-state index contributed by atoms with van der Waals surface area (Å²) in [6, 6.07) is 9.42. The smallest absolute Gasteiger partial charge is 0.253 e. The quantitative estimate of drug-likeness (QED) is 0.600. The molecule has 0 N–H and O–H groups in total. The molecule has 0 radical (unpaired) electrons. The van der Waals surface area contributed by atoms with Crippen LogP contribution in [0.4, 0.5) is 0 Å². The summed E-state index contributed by atoms with van der Waals surface area (Å²) in [5.74, 6) is -0.357. The highest BCUT2D eigenvalue weighted by Gasteiger charge is 2.25. The van der Waals surface area contributed by atoms with Crippen LogP contribution in [0, 0.1) is 40.4 Å². The Kier molecular flexibility index (Phi) is 9.25. The van der Waals surface area contributed by atoms with Crippen molar-refractivity contribution >= 4 is 11.8 Å². The van der Waals surface area contributed by atoms with E-state index in [1.54, 1.807) is 28.0 Å². The third-order valence-electron chi connectivity index (χ3n) is 4.46. The number of hydrogen-bond acceptors (Lipinski definition) is 4. The molecule has 6 nitrogen and oxygen atoms in total. The number of amides is 2. The van der Waals surface area contributed by atoms with Gasteiger partial charge in [0.15, 0.2) is 0 Å². The molecule has 1 rings (SSSR count). The van der Waals surface area contributed by atoms with Crippen molar-refractivity contribution in [1.82, 2.24) is 9.80 Å². The lowest BCUT2D eigenvalue weighted by Crippen LogP contribution is -2.39. The Hall–Kier alpha value is -2.86. The summed E-state index contributed by atoms with van der Waals surface area (Å²) in [4.78, 5) is 29.9. The first-order chi connectivity index (χ1) is 14.3. The van der Waals surface area contributed by atoms with Gasteiger partial charge in [-0.3, -0.25) is 9.59 Å². The van der Waals surface area contributed by atoms with E-state index >= 15 is 0 Å². The SMILES string of the molecule is Cc1cc(C(=O)N(CCC#N)CC(C)(C)C)cc(C(=O)N(CCC#N)CC(C)(C)C)c1. The normalized spacial score (nSPS) is 11.4. The number of rotatable bonds is 8. The molecule has 0 aliphatic heterocycles.